The zero-order valence-corrected chi connectivity index (χ0v) is 12.6. The molecule has 0 spiro atoms. The molecule has 1 aromatic carbocycles. The average Bonchev–Trinajstić information content (AvgIpc) is 2.49. The highest BCUT2D eigenvalue weighted by Gasteiger charge is 2.06. The summed E-state index contributed by atoms with van der Waals surface area (Å²) in [5, 5.41) is 5.73. The summed E-state index contributed by atoms with van der Waals surface area (Å²) in [7, 11) is 1.60. The van der Waals surface area contributed by atoms with Gasteiger partial charge < -0.3 is 20.1 Å². The average molecular weight is 315 g/mol. The molecule has 0 aliphatic rings. The van der Waals surface area contributed by atoms with E-state index in [2.05, 4.69) is 10.6 Å². The quantitative estimate of drug-likeness (QED) is 0.666. The van der Waals surface area contributed by atoms with Crippen molar-refractivity contribution in [3.05, 3.63) is 29.3 Å². The van der Waals surface area contributed by atoms with Crippen molar-refractivity contribution in [3.63, 3.8) is 0 Å². The van der Waals surface area contributed by atoms with E-state index in [1.54, 1.807) is 31.4 Å². The third-order valence-electron chi connectivity index (χ3n) is 2.48. The molecule has 116 valence electrons. The lowest BCUT2D eigenvalue weighted by Crippen LogP contribution is -2.39. The number of rotatable bonds is 9. The summed E-state index contributed by atoms with van der Waals surface area (Å²) < 4.78 is 10.1. The molecule has 2 amide bonds. The summed E-state index contributed by atoms with van der Waals surface area (Å²) in [6, 6.07) is 6.67. The molecule has 0 saturated carbocycles. The maximum atomic E-state index is 11.5. The van der Waals surface area contributed by atoms with Gasteiger partial charge in [0, 0.05) is 25.3 Å². The molecule has 0 aliphatic heterocycles. The molecule has 0 fully saturated rings. The van der Waals surface area contributed by atoms with Crippen molar-refractivity contribution in [2.24, 2.45) is 0 Å². The normalized spacial score (nSPS) is 10.0. The lowest BCUT2D eigenvalue weighted by Gasteiger charge is -2.08. The van der Waals surface area contributed by atoms with Crippen LogP contribution in [0.3, 0.4) is 0 Å². The largest absolute Gasteiger partial charge is 0.484 e. The SMILES string of the molecule is COCCCNC(=O)CNC(=O)COc1ccc(Cl)cc1. The summed E-state index contributed by atoms with van der Waals surface area (Å²) in [4.78, 5) is 22.9. The van der Waals surface area contributed by atoms with Crippen LogP contribution in [0, 0.1) is 0 Å². The first-order valence-corrected chi connectivity index (χ1v) is 6.90. The Hall–Kier alpha value is -1.79. The monoisotopic (exact) mass is 314 g/mol. The molecule has 0 bridgehead atoms. The summed E-state index contributed by atoms with van der Waals surface area (Å²) in [5.41, 5.74) is 0. The van der Waals surface area contributed by atoms with E-state index in [1.807, 2.05) is 0 Å². The van der Waals surface area contributed by atoms with Gasteiger partial charge in [-0.1, -0.05) is 11.6 Å². The number of nitrogens with one attached hydrogen (secondary N) is 2. The van der Waals surface area contributed by atoms with E-state index in [1.165, 1.54) is 0 Å². The number of hydrogen-bond acceptors (Lipinski definition) is 4. The van der Waals surface area contributed by atoms with Crippen molar-refractivity contribution in [3.8, 4) is 5.75 Å². The molecule has 1 rings (SSSR count). The Bertz CT molecular complexity index is 451. The van der Waals surface area contributed by atoms with E-state index < -0.39 is 0 Å². The molecular formula is C14H19ClN2O4. The molecule has 0 atom stereocenters. The van der Waals surface area contributed by atoms with Gasteiger partial charge in [0.25, 0.3) is 5.91 Å². The van der Waals surface area contributed by atoms with E-state index in [0.717, 1.165) is 6.42 Å². The number of carbonyl (C=O) groups is 2. The number of amides is 2. The second kappa shape index (κ2) is 10.0. The van der Waals surface area contributed by atoms with Gasteiger partial charge in [-0.05, 0) is 30.7 Å². The van der Waals surface area contributed by atoms with Crippen LogP contribution >= 0.6 is 11.6 Å². The highest BCUT2D eigenvalue weighted by molar-refractivity contribution is 6.30. The molecule has 2 N–H and O–H groups in total. The summed E-state index contributed by atoms with van der Waals surface area (Å²) in [5.74, 6) is -0.0681. The van der Waals surface area contributed by atoms with Crippen LogP contribution in [0.15, 0.2) is 24.3 Å². The minimum atomic E-state index is -0.364. The molecular weight excluding hydrogens is 296 g/mol. The first-order valence-electron chi connectivity index (χ1n) is 6.52. The molecule has 6 nitrogen and oxygen atoms in total. The fourth-order valence-corrected chi connectivity index (χ4v) is 1.54. The Labute approximate surface area is 128 Å². The van der Waals surface area contributed by atoms with Crippen LogP contribution in [0.1, 0.15) is 6.42 Å². The number of benzene rings is 1. The number of ether oxygens (including phenoxy) is 2. The third-order valence-corrected chi connectivity index (χ3v) is 2.73. The Morgan fingerprint density at radius 3 is 2.52 bits per heavy atom. The van der Waals surface area contributed by atoms with Gasteiger partial charge in [0.1, 0.15) is 5.75 Å². The van der Waals surface area contributed by atoms with Crippen LogP contribution < -0.4 is 15.4 Å². The van der Waals surface area contributed by atoms with Gasteiger partial charge in [0.2, 0.25) is 5.91 Å². The topological polar surface area (TPSA) is 76.7 Å². The highest BCUT2D eigenvalue weighted by atomic mass is 35.5. The van der Waals surface area contributed by atoms with E-state index >= 15 is 0 Å². The first-order chi connectivity index (χ1) is 10.1. The van der Waals surface area contributed by atoms with Crippen LogP contribution in [0.25, 0.3) is 0 Å². The van der Waals surface area contributed by atoms with Gasteiger partial charge in [-0.2, -0.15) is 0 Å². The molecule has 0 unspecified atom stereocenters. The third kappa shape index (κ3) is 8.16. The van der Waals surface area contributed by atoms with Crippen molar-refractivity contribution in [1.82, 2.24) is 10.6 Å². The van der Waals surface area contributed by atoms with Crippen molar-refractivity contribution in [2.75, 3.05) is 33.4 Å². The molecule has 7 heteroatoms. The first kappa shape index (κ1) is 17.3. The summed E-state index contributed by atoms with van der Waals surface area (Å²) in [6.45, 7) is 0.875. The van der Waals surface area contributed by atoms with Gasteiger partial charge in [-0.25, -0.2) is 0 Å². The van der Waals surface area contributed by atoms with Crippen molar-refractivity contribution in [2.45, 2.75) is 6.42 Å². The molecule has 0 radical (unpaired) electrons. The molecule has 1 aromatic rings. The molecule has 0 aromatic heterocycles. The second-order valence-electron chi connectivity index (χ2n) is 4.22. The van der Waals surface area contributed by atoms with Crippen LogP contribution in [0.5, 0.6) is 5.75 Å². The van der Waals surface area contributed by atoms with E-state index in [4.69, 9.17) is 21.1 Å². The minimum Gasteiger partial charge on any atom is -0.484 e. The Balaban J connectivity index is 2.13. The van der Waals surface area contributed by atoms with E-state index in [-0.39, 0.29) is 25.0 Å². The summed E-state index contributed by atoms with van der Waals surface area (Å²) >= 11 is 5.73. The molecule has 21 heavy (non-hydrogen) atoms. The molecule has 0 saturated heterocycles. The van der Waals surface area contributed by atoms with Gasteiger partial charge in [-0.15, -0.1) is 0 Å². The van der Waals surface area contributed by atoms with Gasteiger partial charge in [-0.3, -0.25) is 9.59 Å². The summed E-state index contributed by atoms with van der Waals surface area (Å²) in [6.07, 6.45) is 0.732. The minimum absolute atomic E-state index is 0.0736. The Kier molecular flexibility index (Phi) is 8.23. The maximum absolute atomic E-state index is 11.5. The van der Waals surface area contributed by atoms with E-state index in [0.29, 0.717) is 23.9 Å². The van der Waals surface area contributed by atoms with Crippen molar-refractivity contribution >= 4 is 23.4 Å². The standard InChI is InChI=1S/C14H19ClN2O4/c1-20-8-2-7-16-13(18)9-17-14(19)10-21-12-5-3-11(15)4-6-12/h3-6H,2,7-10H2,1H3,(H,16,18)(H,17,19). The van der Waals surface area contributed by atoms with Crippen molar-refractivity contribution < 1.29 is 19.1 Å². The highest BCUT2D eigenvalue weighted by Crippen LogP contribution is 2.15. The van der Waals surface area contributed by atoms with Crippen molar-refractivity contribution in [1.29, 1.82) is 0 Å². The fraction of sp³-hybridized carbons (Fsp3) is 0.429. The zero-order valence-electron chi connectivity index (χ0n) is 11.9. The number of methoxy groups -OCH3 is 1. The fourth-order valence-electron chi connectivity index (χ4n) is 1.42. The lowest BCUT2D eigenvalue weighted by molar-refractivity contribution is -0.127. The number of hydrogen-bond donors (Lipinski definition) is 2. The Morgan fingerprint density at radius 1 is 1.14 bits per heavy atom. The van der Waals surface area contributed by atoms with Gasteiger partial charge in [0.05, 0.1) is 6.54 Å². The van der Waals surface area contributed by atoms with Crippen LogP contribution in [0.2, 0.25) is 5.02 Å². The predicted molar refractivity (Wildman–Crippen MR) is 79.5 cm³/mol. The predicted octanol–water partition coefficient (Wildman–Crippen LogP) is 0.988. The van der Waals surface area contributed by atoms with Gasteiger partial charge in [0.15, 0.2) is 6.61 Å². The van der Waals surface area contributed by atoms with Crippen LogP contribution in [0.4, 0.5) is 0 Å². The van der Waals surface area contributed by atoms with Gasteiger partial charge >= 0.3 is 0 Å². The zero-order chi connectivity index (χ0) is 15.5. The van der Waals surface area contributed by atoms with E-state index in [9.17, 15) is 9.59 Å². The Morgan fingerprint density at radius 2 is 1.86 bits per heavy atom. The maximum Gasteiger partial charge on any atom is 0.258 e. The lowest BCUT2D eigenvalue weighted by atomic mass is 10.3. The number of carbonyl (C=O) groups excluding carboxylic acids is 2. The smallest absolute Gasteiger partial charge is 0.258 e. The second-order valence-corrected chi connectivity index (χ2v) is 4.65. The van der Waals surface area contributed by atoms with Crippen LogP contribution in [-0.2, 0) is 14.3 Å². The number of halogens is 1. The molecule has 0 heterocycles. The molecule has 0 aliphatic carbocycles. The van der Waals surface area contributed by atoms with Crippen LogP contribution in [-0.4, -0.2) is 45.2 Å².